The number of rotatable bonds is 4. The molecule has 0 aromatic carbocycles. The van der Waals surface area contributed by atoms with Crippen molar-refractivity contribution < 1.29 is 4.79 Å². The van der Waals surface area contributed by atoms with E-state index in [1.165, 1.54) is 0 Å². The molecule has 1 rings (SSSR count). The van der Waals surface area contributed by atoms with Gasteiger partial charge in [0.05, 0.1) is 5.69 Å². The standard InChI is InChI=1S/C8H12N2O/c1-2-10-6-5-8(9-10)4-3-7-11/h5-7H,2-4H2,1H3. The van der Waals surface area contributed by atoms with Crippen LogP contribution in [0.3, 0.4) is 0 Å². The summed E-state index contributed by atoms with van der Waals surface area (Å²) in [6.45, 7) is 2.93. The Labute approximate surface area is 66.0 Å². The van der Waals surface area contributed by atoms with Crippen LogP contribution in [-0.4, -0.2) is 16.1 Å². The van der Waals surface area contributed by atoms with Crippen molar-refractivity contribution in [3.8, 4) is 0 Å². The lowest BCUT2D eigenvalue weighted by Crippen LogP contribution is -1.95. The zero-order valence-corrected chi connectivity index (χ0v) is 6.66. The Morgan fingerprint density at radius 2 is 2.55 bits per heavy atom. The summed E-state index contributed by atoms with van der Waals surface area (Å²) in [5.41, 5.74) is 0.999. The number of aromatic nitrogens is 2. The van der Waals surface area contributed by atoms with Gasteiger partial charge in [0, 0.05) is 19.2 Å². The molecule has 0 atom stereocenters. The summed E-state index contributed by atoms with van der Waals surface area (Å²) in [6.07, 6.45) is 4.18. The maximum Gasteiger partial charge on any atom is 0.120 e. The minimum Gasteiger partial charge on any atom is -0.303 e. The van der Waals surface area contributed by atoms with Gasteiger partial charge in [0.1, 0.15) is 6.29 Å². The van der Waals surface area contributed by atoms with Gasteiger partial charge in [-0.05, 0) is 19.4 Å². The average molecular weight is 152 g/mol. The van der Waals surface area contributed by atoms with Crippen molar-refractivity contribution in [1.82, 2.24) is 9.78 Å². The molecular formula is C8H12N2O. The van der Waals surface area contributed by atoms with Crippen molar-refractivity contribution in [1.29, 1.82) is 0 Å². The first-order chi connectivity index (χ1) is 5.36. The summed E-state index contributed by atoms with van der Waals surface area (Å²) in [5.74, 6) is 0. The smallest absolute Gasteiger partial charge is 0.120 e. The van der Waals surface area contributed by atoms with Crippen LogP contribution in [0.4, 0.5) is 0 Å². The Hall–Kier alpha value is -1.12. The van der Waals surface area contributed by atoms with E-state index in [1.807, 2.05) is 23.9 Å². The van der Waals surface area contributed by atoms with Gasteiger partial charge in [-0.2, -0.15) is 5.10 Å². The van der Waals surface area contributed by atoms with Crippen LogP contribution in [0, 0.1) is 0 Å². The summed E-state index contributed by atoms with van der Waals surface area (Å²) in [6, 6.07) is 1.95. The predicted octanol–water partition coefficient (Wildman–Crippen LogP) is 1.03. The molecule has 0 N–H and O–H groups in total. The molecule has 0 radical (unpaired) electrons. The maximum absolute atomic E-state index is 10.0. The van der Waals surface area contributed by atoms with Crippen molar-refractivity contribution in [2.45, 2.75) is 26.3 Å². The van der Waals surface area contributed by atoms with E-state index >= 15 is 0 Å². The number of hydrogen-bond acceptors (Lipinski definition) is 2. The molecule has 0 aliphatic carbocycles. The Morgan fingerprint density at radius 3 is 3.09 bits per heavy atom. The molecule has 0 fully saturated rings. The molecule has 3 heteroatoms. The number of aryl methyl sites for hydroxylation is 2. The SMILES string of the molecule is CCn1ccc(CCC=O)n1. The van der Waals surface area contributed by atoms with Crippen LogP contribution < -0.4 is 0 Å². The molecule has 11 heavy (non-hydrogen) atoms. The van der Waals surface area contributed by atoms with Crippen LogP contribution in [-0.2, 0) is 17.8 Å². The Bertz CT molecular complexity index is 230. The minimum atomic E-state index is 0.570. The van der Waals surface area contributed by atoms with E-state index in [4.69, 9.17) is 0 Å². The van der Waals surface area contributed by atoms with Gasteiger partial charge in [-0.3, -0.25) is 4.68 Å². The average Bonchev–Trinajstić information content (AvgIpc) is 2.48. The second kappa shape index (κ2) is 3.91. The monoisotopic (exact) mass is 152 g/mol. The van der Waals surface area contributed by atoms with Crippen LogP contribution in [0.5, 0.6) is 0 Å². The Morgan fingerprint density at radius 1 is 1.73 bits per heavy atom. The molecule has 3 nitrogen and oxygen atoms in total. The van der Waals surface area contributed by atoms with Crippen molar-refractivity contribution in [3.05, 3.63) is 18.0 Å². The van der Waals surface area contributed by atoms with Crippen LogP contribution in [0.25, 0.3) is 0 Å². The molecule has 0 saturated carbocycles. The number of nitrogens with zero attached hydrogens (tertiary/aromatic N) is 2. The van der Waals surface area contributed by atoms with E-state index < -0.39 is 0 Å². The highest BCUT2D eigenvalue weighted by atomic mass is 16.1. The molecule has 1 aromatic rings. The lowest BCUT2D eigenvalue weighted by atomic mass is 10.2. The van der Waals surface area contributed by atoms with Crippen molar-refractivity contribution in [3.63, 3.8) is 0 Å². The van der Waals surface area contributed by atoms with Gasteiger partial charge in [0.2, 0.25) is 0 Å². The summed E-state index contributed by atoms with van der Waals surface area (Å²) in [4.78, 5) is 10.0. The fraction of sp³-hybridized carbons (Fsp3) is 0.500. The molecule has 1 aromatic heterocycles. The highest BCUT2D eigenvalue weighted by Crippen LogP contribution is 1.97. The van der Waals surface area contributed by atoms with Crippen molar-refractivity contribution in [2.75, 3.05) is 0 Å². The van der Waals surface area contributed by atoms with Gasteiger partial charge in [-0.25, -0.2) is 0 Å². The number of carbonyl (C=O) groups is 1. The minimum absolute atomic E-state index is 0.570. The molecule has 0 aliphatic rings. The maximum atomic E-state index is 10.0. The van der Waals surface area contributed by atoms with Gasteiger partial charge in [0.25, 0.3) is 0 Å². The first kappa shape index (κ1) is 7.98. The first-order valence-corrected chi connectivity index (χ1v) is 3.82. The third-order valence-corrected chi connectivity index (χ3v) is 1.54. The Balaban J connectivity index is 2.50. The first-order valence-electron chi connectivity index (χ1n) is 3.82. The summed E-state index contributed by atoms with van der Waals surface area (Å²) >= 11 is 0. The third kappa shape index (κ3) is 2.18. The summed E-state index contributed by atoms with van der Waals surface area (Å²) in [5, 5.41) is 4.22. The van der Waals surface area contributed by atoms with Gasteiger partial charge < -0.3 is 4.79 Å². The second-order valence-corrected chi connectivity index (χ2v) is 2.37. The van der Waals surface area contributed by atoms with E-state index in [-0.39, 0.29) is 0 Å². The van der Waals surface area contributed by atoms with E-state index in [2.05, 4.69) is 5.10 Å². The van der Waals surface area contributed by atoms with Gasteiger partial charge >= 0.3 is 0 Å². The topological polar surface area (TPSA) is 34.9 Å². The largest absolute Gasteiger partial charge is 0.303 e. The van der Waals surface area contributed by atoms with Crippen molar-refractivity contribution >= 4 is 6.29 Å². The van der Waals surface area contributed by atoms with Crippen LogP contribution in [0.15, 0.2) is 12.3 Å². The summed E-state index contributed by atoms with van der Waals surface area (Å²) in [7, 11) is 0. The predicted molar refractivity (Wildman–Crippen MR) is 42.3 cm³/mol. The molecule has 0 unspecified atom stereocenters. The molecule has 0 saturated heterocycles. The molecule has 0 spiro atoms. The molecule has 60 valence electrons. The van der Waals surface area contributed by atoms with Crippen molar-refractivity contribution in [2.24, 2.45) is 0 Å². The molecule has 1 heterocycles. The lowest BCUT2D eigenvalue weighted by Gasteiger charge is -1.91. The zero-order chi connectivity index (χ0) is 8.10. The lowest BCUT2D eigenvalue weighted by molar-refractivity contribution is -0.107. The van der Waals surface area contributed by atoms with E-state index in [0.717, 1.165) is 24.9 Å². The van der Waals surface area contributed by atoms with E-state index in [9.17, 15) is 4.79 Å². The molecule has 0 amide bonds. The highest BCUT2D eigenvalue weighted by molar-refractivity contribution is 5.49. The highest BCUT2D eigenvalue weighted by Gasteiger charge is 1.95. The zero-order valence-electron chi connectivity index (χ0n) is 6.66. The number of carbonyl (C=O) groups excluding carboxylic acids is 1. The molecule has 0 aliphatic heterocycles. The van der Waals surface area contributed by atoms with Gasteiger partial charge in [-0.15, -0.1) is 0 Å². The fourth-order valence-electron chi connectivity index (χ4n) is 0.920. The van der Waals surface area contributed by atoms with Crippen LogP contribution in [0.2, 0.25) is 0 Å². The summed E-state index contributed by atoms with van der Waals surface area (Å²) < 4.78 is 1.86. The number of hydrogen-bond donors (Lipinski definition) is 0. The molecule has 0 bridgehead atoms. The van der Waals surface area contributed by atoms with E-state index in [0.29, 0.717) is 6.42 Å². The van der Waals surface area contributed by atoms with Crippen LogP contribution in [0.1, 0.15) is 19.0 Å². The quantitative estimate of drug-likeness (QED) is 0.604. The normalized spacial score (nSPS) is 9.91. The second-order valence-electron chi connectivity index (χ2n) is 2.37. The fourth-order valence-corrected chi connectivity index (χ4v) is 0.920. The van der Waals surface area contributed by atoms with Gasteiger partial charge in [0.15, 0.2) is 0 Å². The number of aldehydes is 1. The molecular weight excluding hydrogens is 140 g/mol. The Kier molecular flexibility index (Phi) is 2.83. The third-order valence-electron chi connectivity index (χ3n) is 1.54. The van der Waals surface area contributed by atoms with Crippen LogP contribution >= 0.6 is 0 Å². The van der Waals surface area contributed by atoms with Gasteiger partial charge in [-0.1, -0.05) is 0 Å². The van der Waals surface area contributed by atoms with E-state index in [1.54, 1.807) is 0 Å².